The summed E-state index contributed by atoms with van der Waals surface area (Å²) in [6.45, 7) is 3.04. The van der Waals surface area contributed by atoms with Gasteiger partial charge in [-0.2, -0.15) is 0 Å². The van der Waals surface area contributed by atoms with Crippen molar-refractivity contribution in [1.82, 2.24) is 0 Å². The van der Waals surface area contributed by atoms with Gasteiger partial charge in [0.15, 0.2) is 0 Å². The highest BCUT2D eigenvalue weighted by molar-refractivity contribution is 6.31. The number of aromatic carboxylic acids is 1. The molecule has 1 atom stereocenters. The Labute approximate surface area is 99.6 Å². The number of nitrogens with zero attached hydrogens (tertiary/aromatic N) is 1. The van der Waals surface area contributed by atoms with E-state index in [-0.39, 0.29) is 0 Å². The van der Waals surface area contributed by atoms with Crippen LogP contribution >= 0.6 is 11.6 Å². The van der Waals surface area contributed by atoms with Gasteiger partial charge in [-0.05, 0) is 38.0 Å². The molecule has 1 aliphatic rings. The van der Waals surface area contributed by atoms with E-state index in [1.54, 1.807) is 12.1 Å². The lowest BCUT2D eigenvalue weighted by Gasteiger charge is -2.25. The van der Waals surface area contributed by atoms with Gasteiger partial charge in [0.05, 0.1) is 11.3 Å². The molecule has 1 aliphatic heterocycles. The Kier molecular flexibility index (Phi) is 3.06. The highest BCUT2D eigenvalue weighted by Gasteiger charge is 2.24. The van der Waals surface area contributed by atoms with Crippen LogP contribution in [0.25, 0.3) is 0 Å². The quantitative estimate of drug-likeness (QED) is 0.863. The zero-order valence-electron chi connectivity index (χ0n) is 9.11. The van der Waals surface area contributed by atoms with E-state index in [4.69, 9.17) is 16.7 Å². The van der Waals surface area contributed by atoms with E-state index in [0.29, 0.717) is 16.6 Å². The van der Waals surface area contributed by atoms with Crippen molar-refractivity contribution in [3.8, 4) is 0 Å². The summed E-state index contributed by atoms with van der Waals surface area (Å²) >= 11 is 5.82. The fourth-order valence-electron chi connectivity index (χ4n) is 2.22. The molecular weight excluding hydrogens is 226 g/mol. The third kappa shape index (κ3) is 2.00. The van der Waals surface area contributed by atoms with Crippen molar-refractivity contribution in [1.29, 1.82) is 0 Å². The molecule has 1 fully saturated rings. The lowest BCUT2D eigenvalue weighted by Crippen LogP contribution is -2.28. The van der Waals surface area contributed by atoms with Gasteiger partial charge in [-0.3, -0.25) is 0 Å². The molecule has 0 spiro atoms. The summed E-state index contributed by atoms with van der Waals surface area (Å²) in [5.41, 5.74) is 1.07. The van der Waals surface area contributed by atoms with Gasteiger partial charge in [0, 0.05) is 17.6 Å². The third-order valence-corrected chi connectivity index (χ3v) is 3.29. The average Bonchev–Trinajstić information content (AvgIpc) is 2.64. The minimum absolute atomic E-state index is 0.293. The lowest BCUT2D eigenvalue weighted by atomic mass is 10.1. The summed E-state index contributed by atoms with van der Waals surface area (Å²) in [5.74, 6) is -0.920. The molecule has 1 heterocycles. The largest absolute Gasteiger partial charge is 0.478 e. The van der Waals surface area contributed by atoms with Gasteiger partial charge >= 0.3 is 5.97 Å². The maximum absolute atomic E-state index is 11.2. The van der Waals surface area contributed by atoms with E-state index in [0.717, 1.165) is 25.1 Å². The van der Waals surface area contributed by atoms with E-state index in [1.807, 2.05) is 0 Å². The molecule has 0 amide bonds. The highest BCUT2D eigenvalue weighted by atomic mass is 35.5. The Balaban J connectivity index is 2.43. The van der Waals surface area contributed by atoms with Gasteiger partial charge < -0.3 is 10.0 Å². The predicted molar refractivity (Wildman–Crippen MR) is 64.5 cm³/mol. The van der Waals surface area contributed by atoms with Gasteiger partial charge in [-0.25, -0.2) is 4.79 Å². The summed E-state index contributed by atoms with van der Waals surface area (Å²) in [6, 6.07) is 5.46. The number of benzene rings is 1. The van der Waals surface area contributed by atoms with Crippen LogP contribution in [-0.4, -0.2) is 23.7 Å². The minimum atomic E-state index is -0.920. The Bertz CT molecular complexity index is 419. The number of hydrogen-bond acceptors (Lipinski definition) is 2. The van der Waals surface area contributed by atoms with Crippen LogP contribution in [0.5, 0.6) is 0 Å². The Hall–Kier alpha value is -1.22. The molecule has 0 aromatic heterocycles. The summed E-state index contributed by atoms with van der Waals surface area (Å²) in [6.07, 6.45) is 2.23. The number of carbonyl (C=O) groups is 1. The van der Waals surface area contributed by atoms with Crippen LogP contribution in [0.3, 0.4) is 0 Å². The van der Waals surface area contributed by atoms with Gasteiger partial charge in [-0.15, -0.1) is 0 Å². The molecule has 1 aromatic carbocycles. The summed E-state index contributed by atoms with van der Waals surface area (Å²) in [4.78, 5) is 13.3. The van der Waals surface area contributed by atoms with Crippen molar-refractivity contribution >= 4 is 23.3 Å². The number of hydrogen-bond donors (Lipinski definition) is 1. The van der Waals surface area contributed by atoms with Crippen molar-refractivity contribution in [3.05, 3.63) is 28.8 Å². The van der Waals surface area contributed by atoms with Crippen molar-refractivity contribution in [2.45, 2.75) is 25.8 Å². The Morgan fingerprint density at radius 3 is 2.88 bits per heavy atom. The molecule has 0 radical (unpaired) electrons. The minimum Gasteiger partial charge on any atom is -0.478 e. The standard InChI is InChI=1S/C12H14ClNO2/c1-8-3-2-6-14(8)11-5-4-9(13)7-10(11)12(15)16/h4-5,7-8H,2-3,6H2,1H3,(H,15,16). The van der Waals surface area contributed by atoms with Gasteiger partial charge in [0.1, 0.15) is 0 Å². The molecule has 4 heteroatoms. The zero-order valence-corrected chi connectivity index (χ0v) is 9.87. The molecule has 16 heavy (non-hydrogen) atoms. The van der Waals surface area contributed by atoms with Crippen LogP contribution in [0.4, 0.5) is 5.69 Å². The van der Waals surface area contributed by atoms with E-state index in [1.165, 1.54) is 6.07 Å². The Morgan fingerprint density at radius 2 is 2.31 bits per heavy atom. The first-order valence-corrected chi connectivity index (χ1v) is 5.77. The topological polar surface area (TPSA) is 40.5 Å². The highest BCUT2D eigenvalue weighted by Crippen LogP contribution is 2.30. The SMILES string of the molecule is CC1CCCN1c1ccc(Cl)cc1C(=O)O. The first kappa shape index (κ1) is 11.3. The molecular formula is C12H14ClNO2. The van der Waals surface area contributed by atoms with Crippen molar-refractivity contribution in [3.63, 3.8) is 0 Å². The number of halogens is 1. The second kappa shape index (κ2) is 4.34. The van der Waals surface area contributed by atoms with E-state index in [2.05, 4.69) is 11.8 Å². The van der Waals surface area contributed by atoms with Crippen LogP contribution in [0.1, 0.15) is 30.1 Å². The van der Waals surface area contributed by atoms with Crippen LogP contribution in [-0.2, 0) is 0 Å². The van der Waals surface area contributed by atoms with Crippen molar-refractivity contribution in [2.24, 2.45) is 0 Å². The Morgan fingerprint density at radius 1 is 1.56 bits per heavy atom. The second-order valence-electron chi connectivity index (χ2n) is 4.15. The van der Waals surface area contributed by atoms with Crippen molar-refractivity contribution in [2.75, 3.05) is 11.4 Å². The molecule has 0 saturated carbocycles. The van der Waals surface area contributed by atoms with Gasteiger partial charge in [0.2, 0.25) is 0 Å². The number of carboxylic acids is 1. The number of rotatable bonds is 2. The van der Waals surface area contributed by atoms with Crippen LogP contribution < -0.4 is 4.90 Å². The van der Waals surface area contributed by atoms with E-state index >= 15 is 0 Å². The molecule has 3 nitrogen and oxygen atoms in total. The molecule has 0 bridgehead atoms. The first-order chi connectivity index (χ1) is 7.59. The molecule has 1 saturated heterocycles. The lowest BCUT2D eigenvalue weighted by molar-refractivity contribution is 0.0697. The molecule has 1 N–H and O–H groups in total. The van der Waals surface area contributed by atoms with Crippen LogP contribution in [0.15, 0.2) is 18.2 Å². The average molecular weight is 240 g/mol. The summed E-state index contributed by atoms with van der Waals surface area (Å²) < 4.78 is 0. The normalized spacial score (nSPS) is 20.1. The molecule has 86 valence electrons. The molecule has 2 rings (SSSR count). The van der Waals surface area contributed by atoms with Crippen LogP contribution in [0.2, 0.25) is 5.02 Å². The molecule has 1 unspecified atom stereocenters. The summed E-state index contributed by atoms with van der Waals surface area (Å²) in [5, 5.41) is 9.62. The van der Waals surface area contributed by atoms with Gasteiger partial charge in [-0.1, -0.05) is 11.6 Å². The smallest absolute Gasteiger partial charge is 0.337 e. The number of carboxylic acid groups (broad SMARTS) is 1. The predicted octanol–water partition coefficient (Wildman–Crippen LogP) is 3.03. The van der Waals surface area contributed by atoms with E-state index in [9.17, 15) is 4.79 Å². The molecule has 1 aromatic rings. The molecule has 0 aliphatic carbocycles. The van der Waals surface area contributed by atoms with Crippen molar-refractivity contribution < 1.29 is 9.90 Å². The maximum atomic E-state index is 11.2. The zero-order chi connectivity index (χ0) is 11.7. The first-order valence-electron chi connectivity index (χ1n) is 5.39. The number of anilines is 1. The fourth-order valence-corrected chi connectivity index (χ4v) is 2.39. The summed E-state index contributed by atoms with van der Waals surface area (Å²) in [7, 11) is 0. The maximum Gasteiger partial charge on any atom is 0.337 e. The fraction of sp³-hybridized carbons (Fsp3) is 0.417. The van der Waals surface area contributed by atoms with Gasteiger partial charge in [0.25, 0.3) is 0 Å². The van der Waals surface area contributed by atoms with Crippen LogP contribution in [0, 0.1) is 0 Å². The third-order valence-electron chi connectivity index (χ3n) is 3.05. The monoisotopic (exact) mass is 239 g/mol. The van der Waals surface area contributed by atoms with E-state index < -0.39 is 5.97 Å². The second-order valence-corrected chi connectivity index (χ2v) is 4.59.